The third kappa shape index (κ3) is 4.27. The van der Waals surface area contributed by atoms with Crippen LogP contribution in [0.2, 0.25) is 0 Å². The van der Waals surface area contributed by atoms with E-state index in [0.717, 1.165) is 11.1 Å². The van der Waals surface area contributed by atoms with Crippen LogP contribution in [0.15, 0.2) is 90.5 Å². The third-order valence-corrected chi connectivity index (χ3v) is 7.26. The van der Waals surface area contributed by atoms with Gasteiger partial charge in [-0.3, -0.25) is 14.6 Å². The monoisotopic (exact) mass is 497 g/mol. The lowest BCUT2D eigenvalue weighted by Crippen LogP contribution is -2.30. The largest absolute Gasteiger partial charge is 0.503 e. The summed E-state index contributed by atoms with van der Waals surface area (Å²) in [4.78, 5) is 37.8. The van der Waals surface area contributed by atoms with Gasteiger partial charge in [-0.15, -0.1) is 11.3 Å². The molecule has 0 bridgehead atoms. The van der Waals surface area contributed by atoms with Gasteiger partial charge in [0.05, 0.1) is 29.3 Å². The normalized spacial score (nSPS) is 15.4. The van der Waals surface area contributed by atoms with Crippen molar-refractivity contribution in [2.75, 3.05) is 7.11 Å². The molecule has 0 fully saturated rings. The SMILES string of the molecule is COc1cccc(C2C(C(=O)c3sc(-c4ccccc4)nc3C)=C(O)C(=O)N2Cc2cccnc2)c1. The van der Waals surface area contributed by atoms with E-state index in [1.807, 2.05) is 42.5 Å². The molecule has 1 unspecified atom stereocenters. The molecular weight excluding hydrogens is 474 g/mol. The van der Waals surface area contributed by atoms with E-state index in [1.54, 1.807) is 50.7 Å². The fourth-order valence-electron chi connectivity index (χ4n) is 4.33. The average molecular weight is 498 g/mol. The van der Waals surface area contributed by atoms with E-state index >= 15 is 0 Å². The van der Waals surface area contributed by atoms with Gasteiger partial charge in [-0.2, -0.15) is 0 Å². The van der Waals surface area contributed by atoms with Gasteiger partial charge >= 0.3 is 0 Å². The van der Waals surface area contributed by atoms with Gasteiger partial charge in [-0.25, -0.2) is 4.98 Å². The summed E-state index contributed by atoms with van der Waals surface area (Å²) in [5, 5.41) is 11.7. The van der Waals surface area contributed by atoms with Crippen LogP contribution in [-0.4, -0.2) is 38.8 Å². The number of ketones is 1. The number of carbonyl (C=O) groups excluding carboxylic acids is 2. The van der Waals surface area contributed by atoms with Crippen LogP contribution in [0.1, 0.15) is 32.5 Å². The van der Waals surface area contributed by atoms with E-state index in [4.69, 9.17) is 4.74 Å². The van der Waals surface area contributed by atoms with Gasteiger partial charge in [0.25, 0.3) is 5.91 Å². The number of aliphatic hydroxyl groups is 1. The van der Waals surface area contributed by atoms with Crippen molar-refractivity contribution in [3.8, 4) is 16.3 Å². The Morgan fingerprint density at radius 1 is 1.11 bits per heavy atom. The zero-order valence-electron chi connectivity index (χ0n) is 19.7. The molecule has 5 rings (SSSR count). The first-order chi connectivity index (χ1) is 17.5. The highest BCUT2D eigenvalue weighted by molar-refractivity contribution is 7.17. The maximum Gasteiger partial charge on any atom is 0.290 e. The number of hydrogen-bond donors (Lipinski definition) is 1. The molecule has 1 N–H and O–H groups in total. The number of methoxy groups -OCH3 is 1. The van der Waals surface area contributed by atoms with Gasteiger partial charge in [0.1, 0.15) is 10.8 Å². The van der Waals surface area contributed by atoms with Crippen LogP contribution in [0.3, 0.4) is 0 Å². The summed E-state index contributed by atoms with van der Waals surface area (Å²) >= 11 is 1.25. The molecule has 2 aromatic heterocycles. The molecule has 1 aliphatic heterocycles. The number of nitrogens with zero attached hydrogens (tertiary/aromatic N) is 3. The molecule has 8 heteroatoms. The maximum absolute atomic E-state index is 13.9. The van der Waals surface area contributed by atoms with Gasteiger partial charge < -0.3 is 14.7 Å². The molecule has 0 spiro atoms. The number of ether oxygens (including phenoxy) is 1. The smallest absolute Gasteiger partial charge is 0.290 e. The highest BCUT2D eigenvalue weighted by atomic mass is 32.1. The summed E-state index contributed by atoms with van der Waals surface area (Å²) in [6.45, 7) is 1.94. The number of aliphatic hydroxyl groups excluding tert-OH is 1. The molecule has 1 amide bonds. The first-order valence-electron chi connectivity index (χ1n) is 11.3. The van der Waals surface area contributed by atoms with Crippen molar-refractivity contribution >= 4 is 23.0 Å². The van der Waals surface area contributed by atoms with Crippen molar-refractivity contribution in [2.45, 2.75) is 19.5 Å². The van der Waals surface area contributed by atoms with Crippen LogP contribution in [-0.2, 0) is 11.3 Å². The van der Waals surface area contributed by atoms with E-state index in [-0.39, 0.29) is 12.1 Å². The van der Waals surface area contributed by atoms with Crippen molar-refractivity contribution in [3.63, 3.8) is 0 Å². The van der Waals surface area contributed by atoms with Crippen molar-refractivity contribution < 1.29 is 19.4 Å². The van der Waals surface area contributed by atoms with E-state index in [0.29, 0.717) is 26.9 Å². The predicted molar refractivity (Wildman–Crippen MR) is 137 cm³/mol. The zero-order valence-corrected chi connectivity index (χ0v) is 20.5. The third-order valence-electron chi connectivity index (χ3n) is 6.06. The van der Waals surface area contributed by atoms with Crippen molar-refractivity contribution in [1.82, 2.24) is 14.9 Å². The number of thiazole rings is 1. The lowest BCUT2D eigenvalue weighted by atomic mass is 9.94. The summed E-state index contributed by atoms with van der Waals surface area (Å²) in [6.07, 6.45) is 3.31. The summed E-state index contributed by atoms with van der Waals surface area (Å²) in [7, 11) is 1.55. The molecule has 3 heterocycles. The Kier molecular flexibility index (Phi) is 6.35. The van der Waals surface area contributed by atoms with Crippen LogP contribution < -0.4 is 4.74 Å². The molecule has 0 saturated heterocycles. The zero-order chi connectivity index (χ0) is 25.2. The van der Waals surface area contributed by atoms with Crippen molar-refractivity contribution in [3.05, 3.63) is 112 Å². The number of hydrogen-bond acceptors (Lipinski definition) is 7. The average Bonchev–Trinajstić information content (AvgIpc) is 3.42. The highest BCUT2D eigenvalue weighted by Gasteiger charge is 2.44. The van der Waals surface area contributed by atoms with Gasteiger partial charge in [-0.1, -0.05) is 48.5 Å². The Morgan fingerprint density at radius 2 is 1.92 bits per heavy atom. The Balaban J connectivity index is 1.59. The Hall–Kier alpha value is -4.30. The standard InChI is InChI=1S/C28H23N3O4S/c1-17-26(36-27(30-17)19-9-4-3-5-10-19)24(32)22-23(20-11-6-12-21(14-20)35-2)31(28(34)25(22)33)16-18-8-7-13-29-15-18/h3-15,23,33H,16H2,1-2H3. The minimum atomic E-state index is -0.804. The number of pyridine rings is 1. The predicted octanol–water partition coefficient (Wildman–Crippen LogP) is 5.30. The second-order valence-corrected chi connectivity index (χ2v) is 9.36. The summed E-state index contributed by atoms with van der Waals surface area (Å²) in [6, 6.07) is 19.6. The summed E-state index contributed by atoms with van der Waals surface area (Å²) in [5.41, 5.74) is 2.91. The molecule has 7 nitrogen and oxygen atoms in total. The molecule has 1 atom stereocenters. The quantitative estimate of drug-likeness (QED) is 0.348. The van der Waals surface area contributed by atoms with Gasteiger partial charge in [0.15, 0.2) is 5.76 Å². The lowest BCUT2D eigenvalue weighted by molar-refractivity contribution is -0.130. The molecule has 0 saturated carbocycles. The van der Waals surface area contributed by atoms with E-state index in [1.165, 1.54) is 16.2 Å². The molecule has 180 valence electrons. The lowest BCUT2D eigenvalue weighted by Gasteiger charge is -2.27. The second-order valence-electron chi connectivity index (χ2n) is 8.36. The fourth-order valence-corrected chi connectivity index (χ4v) is 5.35. The number of amides is 1. The van der Waals surface area contributed by atoms with E-state index in [2.05, 4.69) is 9.97 Å². The number of aryl methyl sites for hydroxylation is 1. The first-order valence-corrected chi connectivity index (χ1v) is 12.1. The summed E-state index contributed by atoms with van der Waals surface area (Å²) < 4.78 is 5.39. The van der Waals surface area contributed by atoms with Crippen LogP contribution in [0.25, 0.3) is 10.6 Å². The molecule has 0 aliphatic carbocycles. The van der Waals surface area contributed by atoms with Gasteiger partial charge in [0, 0.05) is 24.5 Å². The Labute approximate surface area is 212 Å². The highest BCUT2D eigenvalue weighted by Crippen LogP contribution is 2.42. The van der Waals surface area contributed by atoms with Crippen LogP contribution >= 0.6 is 11.3 Å². The molecule has 0 radical (unpaired) electrons. The number of Topliss-reactive ketones (excluding diaryl/α,β-unsaturated/α-hetero) is 1. The first kappa shape index (κ1) is 23.4. The number of carbonyl (C=O) groups is 2. The molecule has 1 aliphatic rings. The fraction of sp³-hybridized carbons (Fsp3) is 0.143. The summed E-state index contributed by atoms with van der Waals surface area (Å²) in [5.74, 6) is -0.995. The molecular formula is C28H23N3O4S. The van der Waals surface area contributed by atoms with Crippen LogP contribution in [0.4, 0.5) is 0 Å². The van der Waals surface area contributed by atoms with Gasteiger partial charge in [0.2, 0.25) is 5.78 Å². The minimum Gasteiger partial charge on any atom is -0.503 e. The number of rotatable bonds is 7. The van der Waals surface area contributed by atoms with Crippen molar-refractivity contribution in [1.29, 1.82) is 0 Å². The minimum absolute atomic E-state index is 0.0310. The number of aromatic nitrogens is 2. The topological polar surface area (TPSA) is 92.6 Å². The maximum atomic E-state index is 13.9. The molecule has 4 aromatic rings. The molecule has 2 aromatic carbocycles. The second kappa shape index (κ2) is 9.75. The van der Waals surface area contributed by atoms with Gasteiger partial charge in [-0.05, 0) is 36.2 Å². The van der Waals surface area contributed by atoms with E-state index < -0.39 is 23.5 Å². The van der Waals surface area contributed by atoms with Crippen molar-refractivity contribution in [2.24, 2.45) is 0 Å². The van der Waals surface area contributed by atoms with Crippen LogP contribution in [0, 0.1) is 6.92 Å². The van der Waals surface area contributed by atoms with E-state index in [9.17, 15) is 14.7 Å². The number of benzene rings is 2. The Morgan fingerprint density at radius 3 is 2.64 bits per heavy atom. The van der Waals surface area contributed by atoms with Crippen LogP contribution in [0.5, 0.6) is 5.75 Å². The Bertz CT molecular complexity index is 1460. The molecule has 36 heavy (non-hydrogen) atoms.